The number of rotatable bonds is 7. The van der Waals surface area contributed by atoms with E-state index in [0.29, 0.717) is 5.02 Å². The molecule has 3 rings (SSSR count). The normalized spacial score (nSPS) is 12.2. The molecule has 0 spiro atoms. The lowest BCUT2D eigenvalue weighted by Crippen LogP contribution is -2.42. The summed E-state index contributed by atoms with van der Waals surface area (Å²) in [5.41, 5.74) is 0.720. The summed E-state index contributed by atoms with van der Waals surface area (Å²) in [6.45, 7) is -0.234. The summed E-state index contributed by atoms with van der Waals surface area (Å²) < 4.78 is 31.4. The first-order valence-corrected chi connectivity index (χ1v) is 10.8. The summed E-state index contributed by atoms with van der Waals surface area (Å²) in [5, 5.41) is 3.99. The molecule has 30 heavy (non-hydrogen) atoms. The fourth-order valence-corrected chi connectivity index (χ4v) is 4.37. The first kappa shape index (κ1) is 21.5. The topological polar surface area (TPSA) is 118 Å². The summed E-state index contributed by atoms with van der Waals surface area (Å²) in [6, 6.07) is 12.1. The number of carbonyl (C=O) groups excluding carboxylic acids is 2. The van der Waals surface area contributed by atoms with Gasteiger partial charge in [-0.15, -0.1) is 0 Å². The minimum atomic E-state index is -3.92. The van der Waals surface area contributed by atoms with Gasteiger partial charge in [0.15, 0.2) is 9.84 Å². The zero-order valence-corrected chi connectivity index (χ0v) is 17.2. The number of nitrogens with one attached hydrogen (secondary N) is 2. The second-order valence-electron chi connectivity index (χ2n) is 6.26. The third-order valence-corrected chi connectivity index (χ3v) is 6.54. The van der Waals surface area contributed by atoms with Crippen LogP contribution in [-0.4, -0.2) is 31.8 Å². The maximum absolute atomic E-state index is 13.1. The Balaban J connectivity index is 1.69. The number of hydrogen-bond donors (Lipinski definition) is 2. The number of nitrogens with zero attached hydrogens (tertiary/aromatic N) is 1. The number of carbonyl (C=O) groups is 2. The third-order valence-electron chi connectivity index (χ3n) is 4.21. The number of halogens is 1. The predicted molar refractivity (Wildman–Crippen MR) is 109 cm³/mol. The number of amides is 2. The smallest absolute Gasteiger partial charge is 0.309 e. The molecule has 2 N–H and O–H groups in total. The van der Waals surface area contributed by atoms with Crippen molar-refractivity contribution in [3.05, 3.63) is 83.5 Å². The molecule has 0 saturated heterocycles. The number of sulfone groups is 1. The molecule has 2 aromatic heterocycles. The summed E-state index contributed by atoms with van der Waals surface area (Å²) in [4.78, 5) is 28.1. The van der Waals surface area contributed by atoms with Crippen LogP contribution in [0.25, 0.3) is 0 Å². The molecule has 0 aliphatic heterocycles. The number of pyridine rings is 1. The minimum Gasteiger partial charge on any atom is -0.468 e. The van der Waals surface area contributed by atoms with E-state index < -0.39 is 26.9 Å². The van der Waals surface area contributed by atoms with E-state index in [2.05, 4.69) is 15.6 Å². The van der Waals surface area contributed by atoms with E-state index in [1.165, 1.54) is 36.6 Å². The van der Waals surface area contributed by atoms with Crippen molar-refractivity contribution in [2.24, 2.45) is 0 Å². The van der Waals surface area contributed by atoms with Gasteiger partial charge in [0.2, 0.25) is 0 Å². The van der Waals surface area contributed by atoms with Crippen molar-refractivity contribution in [1.29, 1.82) is 0 Å². The Bertz CT molecular complexity index is 1100. The molecule has 1 atom stereocenters. The summed E-state index contributed by atoms with van der Waals surface area (Å²) in [6.07, 6.45) is 4.49. The van der Waals surface area contributed by atoms with Crippen LogP contribution < -0.4 is 10.6 Å². The molecule has 2 amide bonds. The Morgan fingerprint density at radius 3 is 2.40 bits per heavy atom. The van der Waals surface area contributed by atoms with Crippen LogP contribution in [-0.2, 0) is 26.0 Å². The van der Waals surface area contributed by atoms with Crippen molar-refractivity contribution in [3.63, 3.8) is 0 Å². The summed E-state index contributed by atoms with van der Waals surface area (Å²) >= 11 is 5.83. The lowest BCUT2D eigenvalue weighted by Gasteiger charge is -2.16. The van der Waals surface area contributed by atoms with Crippen molar-refractivity contribution in [2.45, 2.75) is 16.7 Å². The molecule has 10 heteroatoms. The lowest BCUT2D eigenvalue weighted by atomic mass is 10.3. The van der Waals surface area contributed by atoms with E-state index in [1.807, 2.05) is 0 Å². The zero-order chi connectivity index (χ0) is 21.6. The molecule has 0 radical (unpaired) electrons. The van der Waals surface area contributed by atoms with E-state index in [0.717, 1.165) is 5.56 Å². The molecule has 2 heterocycles. The van der Waals surface area contributed by atoms with Crippen LogP contribution in [0.5, 0.6) is 0 Å². The molecule has 1 unspecified atom stereocenters. The molecular formula is C20H18ClN3O5S. The molecule has 3 aromatic rings. The fourth-order valence-electron chi connectivity index (χ4n) is 2.66. The van der Waals surface area contributed by atoms with Gasteiger partial charge in [-0.2, -0.15) is 0 Å². The number of hydrogen-bond acceptors (Lipinski definition) is 6. The fraction of sp³-hybridized carbons (Fsp3) is 0.150. The van der Waals surface area contributed by atoms with Crippen LogP contribution in [0.15, 0.2) is 76.5 Å². The van der Waals surface area contributed by atoms with Crippen molar-refractivity contribution < 1.29 is 22.4 Å². The van der Waals surface area contributed by atoms with Crippen LogP contribution in [0, 0.1) is 0 Å². The average molecular weight is 448 g/mol. The van der Waals surface area contributed by atoms with Gasteiger partial charge in [0, 0.05) is 30.5 Å². The Labute approximate surface area is 178 Å². The average Bonchev–Trinajstić information content (AvgIpc) is 3.27. The van der Waals surface area contributed by atoms with Gasteiger partial charge in [-0.1, -0.05) is 17.7 Å². The SMILES string of the molecule is O=C(NCc1cccnc1)C(=O)NCC(c1ccco1)S(=O)(=O)c1ccc(Cl)cc1. The maximum Gasteiger partial charge on any atom is 0.309 e. The van der Waals surface area contributed by atoms with E-state index in [9.17, 15) is 18.0 Å². The first-order chi connectivity index (χ1) is 14.4. The van der Waals surface area contributed by atoms with Gasteiger partial charge in [-0.3, -0.25) is 14.6 Å². The standard InChI is InChI=1S/C20H18ClN3O5S/c21-15-5-7-16(8-6-15)30(27,28)18(17-4-2-10-29-17)13-24-20(26)19(25)23-12-14-3-1-9-22-11-14/h1-11,18H,12-13H2,(H,23,25)(H,24,26). The quantitative estimate of drug-likeness (QED) is 0.536. The van der Waals surface area contributed by atoms with Crippen molar-refractivity contribution in [3.8, 4) is 0 Å². The molecular weight excluding hydrogens is 430 g/mol. The summed E-state index contributed by atoms with van der Waals surface area (Å²) in [7, 11) is -3.92. The largest absolute Gasteiger partial charge is 0.468 e. The Hall–Kier alpha value is -3.17. The van der Waals surface area contributed by atoms with Gasteiger partial charge in [0.1, 0.15) is 11.0 Å². The number of benzene rings is 1. The van der Waals surface area contributed by atoms with Crippen LogP contribution in [0.3, 0.4) is 0 Å². The first-order valence-electron chi connectivity index (χ1n) is 8.85. The molecule has 0 saturated carbocycles. The van der Waals surface area contributed by atoms with Gasteiger partial charge < -0.3 is 15.1 Å². The van der Waals surface area contributed by atoms with Crippen LogP contribution >= 0.6 is 11.6 Å². The van der Waals surface area contributed by atoms with Crippen LogP contribution in [0.2, 0.25) is 5.02 Å². The maximum atomic E-state index is 13.1. The third kappa shape index (κ3) is 5.25. The van der Waals surface area contributed by atoms with Crippen LogP contribution in [0.4, 0.5) is 0 Å². The summed E-state index contributed by atoms with van der Waals surface area (Å²) in [5.74, 6) is -1.70. The van der Waals surface area contributed by atoms with E-state index in [4.69, 9.17) is 16.0 Å². The second kappa shape index (κ2) is 9.55. The molecule has 0 aliphatic rings. The Morgan fingerprint density at radius 1 is 1.03 bits per heavy atom. The minimum absolute atomic E-state index is 0.0172. The predicted octanol–water partition coefficient (Wildman–Crippen LogP) is 2.28. The molecule has 0 bridgehead atoms. The van der Waals surface area contributed by atoms with E-state index in [1.54, 1.807) is 30.6 Å². The van der Waals surface area contributed by atoms with Gasteiger partial charge in [0.25, 0.3) is 0 Å². The Morgan fingerprint density at radius 2 is 1.77 bits per heavy atom. The number of furan rings is 1. The lowest BCUT2D eigenvalue weighted by molar-refractivity contribution is -0.139. The van der Waals surface area contributed by atoms with Crippen molar-refractivity contribution in [2.75, 3.05) is 6.54 Å². The highest BCUT2D eigenvalue weighted by Crippen LogP contribution is 2.29. The molecule has 1 aromatic carbocycles. The highest BCUT2D eigenvalue weighted by atomic mass is 35.5. The van der Waals surface area contributed by atoms with Crippen molar-refractivity contribution >= 4 is 33.3 Å². The zero-order valence-electron chi connectivity index (χ0n) is 15.6. The highest BCUT2D eigenvalue weighted by Gasteiger charge is 2.32. The van der Waals surface area contributed by atoms with Gasteiger partial charge >= 0.3 is 11.8 Å². The van der Waals surface area contributed by atoms with Gasteiger partial charge in [-0.25, -0.2) is 8.42 Å². The molecule has 156 valence electrons. The molecule has 0 aliphatic carbocycles. The van der Waals surface area contributed by atoms with Gasteiger partial charge in [0.05, 0.1) is 11.2 Å². The van der Waals surface area contributed by atoms with Crippen molar-refractivity contribution in [1.82, 2.24) is 15.6 Å². The van der Waals surface area contributed by atoms with Crippen LogP contribution in [0.1, 0.15) is 16.6 Å². The Kier molecular flexibility index (Phi) is 6.86. The van der Waals surface area contributed by atoms with Gasteiger partial charge in [-0.05, 0) is 48.0 Å². The second-order valence-corrected chi connectivity index (χ2v) is 8.82. The number of aromatic nitrogens is 1. The van der Waals surface area contributed by atoms with E-state index >= 15 is 0 Å². The van der Waals surface area contributed by atoms with E-state index in [-0.39, 0.29) is 23.7 Å². The highest BCUT2D eigenvalue weighted by molar-refractivity contribution is 7.91. The monoisotopic (exact) mass is 447 g/mol. The molecule has 0 fully saturated rings. The molecule has 8 nitrogen and oxygen atoms in total.